The van der Waals surface area contributed by atoms with Crippen LogP contribution in [0, 0.1) is 5.92 Å². The summed E-state index contributed by atoms with van der Waals surface area (Å²) in [7, 11) is 0. The van der Waals surface area contributed by atoms with Gasteiger partial charge >= 0.3 is 12.1 Å². The van der Waals surface area contributed by atoms with E-state index >= 15 is 0 Å². The number of carbonyl (C=O) groups excluding carboxylic acids is 2. The fraction of sp³-hybridized carbons (Fsp3) is 0.370. The number of nitrogens with one attached hydrogen (secondary N) is 2. The van der Waals surface area contributed by atoms with E-state index in [4.69, 9.17) is 9.84 Å². The number of aliphatic carboxylic acids is 1. The predicted octanol–water partition coefficient (Wildman–Crippen LogP) is 4.23. The molecule has 4 rings (SSSR count). The van der Waals surface area contributed by atoms with Crippen molar-refractivity contribution in [3.8, 4) is 11.1 Å². The molecule has 2 aromatic rings. The Morgan fingerprint density at radius 1 is 0.941 bits per heavy atom. The summed E-state index contributed by atoms with van der Waals surface area (Å²) in [6.07, 6.45) is 6.09. The lowest BCUT2D eigenvalue weighted by Crippen LogP contribution is -2.46. The van der Waals surface area contributed by atoms with Gasteiger partial charge in [0.25, 0.3) is 0 Å². The zero-order valence-electron chi connectivity index (χ0n) is 19.0. The molecule has 0 spiro atoms. The first-order valence-electron chi connectivity index (χ1n) is 11.8. The molecule has 178 valence electrons. The third kappa shape index (κ3) is 5.47. The number of amides is 2. The fourth-order valence-electron chi connectivity index (χ4n) is 5.04. The van der Waals surface area contributed by atoms with Crippen LogP contribution in [0.25, 0.3) is 11.1 Å². The molecule has 0 heterocycles. The summed E-state index contributed by atoms with van der Waals surface area (Å²) in [6.45, 7) is 0.364. The molecular formula is C27H30N2O5. The number of alkyl carbamates (subject to hydrolysis) is 1. The molecule has 2 aliphatic carbocycles. The monoisotopic (exact) mass is 462 g/mol. The lowest BCUT2D eigenvalue weighted by Gasteiger charge is -2.25. The van der Waals surface area contributed by atoms with Crippen molar-refractivity contribution >= 4 is 18.0 Å². The van der Waals surface area contributed by atoms with E-state index in [9.17, 15) is 14.4 Å². The lowest BCUT2D eigenvalue weighted by molar-refractivity contribution is -0.131. The van der Waals surface area contributed by atoms with Crippen molar-refractivity contribution in [3.05, 3.63) is 71.8 Å². The lowest BCUT2D eigenvalue weighted by atomic mass is 9.94. The van der Waals surface area contributed by atoms with Crippen LogP contribution in [-0.2, 0) is 14.3 Å². The van der Waals surface area contributed by atoms with Crippen molar-refractivity contribution in [2.45, 2.75) is 44.1 Å². The first-order chi connectivity index (χ1) is 16.5. The molecular weight excluding hydrogens is 432 g/mol. The molecule has 3 N–H and O–H groups in total. The summed E-state index contributed by atoms with van der Waals surface area (Å²) in [5.74, 6) is -1.63. The summed E-state index contributed by atoms with van der Waals surface area (Å²) in [6, 6.07) is 16.0. The van der Waals surface area contributed by atoms with E-state index in [1.807, 2.05) is 24.3 Å². The average Bonchev–Trinajstić information content (AvgIpc) is 2.96. The van der Waals surface area contributed by atoms with Crippen LogP contribution < -0.4 is 10.6 Å². The molecule has 0 aromatic heterocycles. The van der Waals surface area contributed by atoms with Crippen LogP contribution in [-0.4, -0.2) is 42.3 Å². The van der Waals surface area contributed by atoms with Gasteiger partial charge in [-0.15, -0.1) is 0 Å². The Kier molecular flexibility index (Phi) is 7.62. The molecule has 0 saturated heterocycles. The molecule has 0 radical (unpaired) electrons. The van der Waals surface area contributed by atoms with Crippen molar-refractivity contribution in [2.75, 3.05) is 13.2 Å². The third-order valence-electron chi connectivity index (χ3n) is 6.65. The summed E-state index contributed by atoms with van der Waals surface area (Å²) in [5.41, 5.74) is 4.64. The highest BCUT2D eigenvalue weighted by molar-refractivity contribution is 5.82. The second kappa shape index (κ2) is 11.0. The topological polar surface area (TPSA) is 105 Å². The van der Waals surface area contributed by atoms with Crippen LogP contribution in [0.3, 0.4) is 0 Å². The molecule has 0 bridgehead atoms. The highest BCUT2D eigenvalue weighted by atomic mass is 16.5. The van der Waals surface area contributed by atoms with Crippen molar-refractivity contribution in [3.63, 3.8) is 0 Å². The van der Waals surface area contributed by atoms with Gasteiger partial charge in [-0.25, -0.2) is 9.59 Å². The summed E-state index contributed by atoms with van der Waals surface area (Å²) < 4.78 is 5.68. The van der Waals surface area contributed by atoms with Gasteiger partial charge in [-0.1, -0.05) is 73.9 Å². The maximum absolute atomic E-state index is 12.8. The minimum Gasteiger partial charge on any atom is -0.478 e. The van der Waals surface area contributed by atoms with Crippen molar-refractivity contribution in [2.24, 2.45) is 5.92 Å². The maximum Gasteiger partial charge on any atom is 0.407 e. The highest BCUT2D eigenvalue weighted by Crippen LogP contribution is 2.44. The number of ether oxygens (including phenoxy) is 1. The van der Waals surface area contributed by atoms with E-state index in [-0.39, 0.29) is 36.9 Å². The standard InChI is InChI=1S/C27H30N2O5/c30-25(31)15-8-16-28-26(32)22-13-2-1-3-14-24(22)29-27(33)34-17-23-20-11-6-4-9-18(20)19-10-5-7-12-21(19)23/h4-12,15,22-24H,1-3,13-14,16-17H2,(H,28,32)(H,29,33)(H,30,31)/b15-8+/t22-,24+/m0/s1. The third-order valence-corrected chi connectivity index (χ3v) is 6.65. The summed E-state index contributed by atoms with van der Waals surface area (Å²) in [4.78, 5) is 36.1. The normalized spacial score (nSPS) is 19.6. The zero-order chi connectivity index (χ0) is 23.9. The van der Waals surface area contributed by atoms with E-state index in [0.717, 1.165) is 36.5 Å². The molecule has 2 aliphatic rings. The van der Waals surface area contributed by atoms with Crippen LogP contribution >= 0.6 is 0 Å². The minimum absolute atomic E-state index is 0.0209. The Morgan fingerprint density at radius 2 is 1.59 bits per heavy atom. The molecule has 0 aliphatic heterocycles. The second-order valence-electron chi connectivity index (χ2n) is 8.81. The van der Waals surface area contributed by atoms with Gasteiger partial charge in [0.15, 0.2) is 0 Å². The van der Waals surface area contributed by atoms with E-state index in [2.05, 4.69) is 34.9 Å². The minimum atomic E-state index is -1.06. The number of hydrogen-bond acceptors (Lipinski definition) is 4. The fourth-order valence-corrected chi connectivity index (χ4v) is 5.04. The van der Waals surface area contributed by atoms with Crippen molar-refractivity contribution in [1.29, 1.82) is 0 Å². The molecule has 2 atom stereocenters. The van der Waals surface area contributed by atoms with E-state index in [0.29, 0.717) is 12.8 Å². The van der Waals surface area contributed by atoms with Gasteiger partial charge in [0.05, 0.1) is 5.92 Å². The van der Waals surface area contributed by atoms with E-state index in [1.165, 1.54) is 17.2 Å². The van der Waals surface area contributed by atoms with Crippen LogP contribution in [0.5, 0.6) is 0 Å². The van der Waals surface area contributed by atoms with Crippen LogP contribution in [0.15, 0.2) is 60.7 Å². The SMILES string of the molecule is O=C(O)/C=C/CNC(=O)[C@H]1CCCCC[C@H]1NC(=O)OCC1c2ccccc2-c2ccccc21. The van der Waals surface area contributed by atoms with Crippen LogP contribution in [0.2, 0.25) is 0 Å². The highest BCUT2D eigenvalue weighted by Gasteiger charge is 2.32. The van der Waals surface area contributed by atoms with Gasteiger partial charge < -0.3 is 20.5 Å². The first-order valence-corrected chi connectivity index (χ1v) is 11.8. The number of carbonyl (C=O) groups is 3. The smallest absolute Gasteiger partial charge is 0.407 e. The molecule has 7 heteroatoms. The molecule has 1 fully saturated rings. The van der Waals surface area contributed by atoms with Crippen LogP contribution in [0.4, 0.5) is 4.79 Å². The number of carboxylic acids is 1. The van der Waals surface area contributed by atoms with Crippen LogP contribution in [0.1, 0.15) is 49.1 Å². The average molecular weight is 463 g/mol. The Morgan fingerprint density at radius 3 is 2.26 bits per heavy atom. The van der Waals surface area contributed by atoms with Gasteiger partial charge in [0.1, 0.15) is 6.61 Å². The van der Waals surface area contributed by atoms with Gasteiger partial charge in [0.2, 0.25) is 5.91 Å². The molecule has 2 aromatic carbocycles. The Labute approximate surface area is 199 Å². The molecule has 2 amide bonds. The van der Waals surface area contributed by atoms with Gasteiger partial charge in [0, 0.05) is 24.6 Å². The maximum atomic E-state index is 12.8. The summed E-state index contributed by atoms with van der Waals surface area (Å²) >= 11 is 0. The van der Waals surface area contributed by atoms with Crippen molar-refractivity contribution in [1.82, 2.24) is 10.6 Å². The van der Waals surface area contributed by atoms with Gasteiger partial charge in [-0.2, -0.15) is 0 Å². The number of benzene rings is 2. The van der Waals surface area contributed by atoms with Gasteiger partial charge in [-0.3, -0.25) is 4.79 Å². The molecule has 0 unspecified atom stereocenters. The molecule has 34 heavy (non-hydrogen) atoms. The zero-order valence-corrected chi connectivity index (χ0v) is 19.0. The quantitative estimate of drug-likeness (QED) is 0.422. The molecule has 1 saturated carbocycles. The Hall–Kier alpha value is -3.61. The number of hydrogen-bond donors (Lipinski definition) is 3. The molecule has 7 nitrogen and oxygen atoms in total. The van der Waals surface area contributed by atoms with E-state index in [1.54, 1.807) is 0 Å². The first kappa shape index (κ1) is 23.5. The van der Waals surface area contributed by atoms with Crippen molar-refractivity contribution < 1.29 is 24.2 Å². The Balaban J connectivity index is 1.37. The number of fused-ring (bicyclic) bond motifs is 3. The number of carboxylic acid groups (broad SMARTS) is 1. The second-order valence-corrected chi connectivity index (χ2v) is 8.81. The predicted molar refractivity (Wildman–Crippen MR) is 128 cm³/mol. The van der Waals surface area contributed by atoms with Gasteiger partial charge in [-0.05, 0) is 35.1 Å². The summed E-state index contributed by atoms with van der Waals surface area (Å²) in [5, 5.41) is 14.4. The van der Waals surface area contributed by atoms with E-state index < -0.39 is 12.1 Å². The number of rotatable bonds is 7. The largest absolute Gasteiger partial charge is 0.478 e. The Bertz CT molecular complexity index is 1030.